The van der Waals surface area contributed by atoms with Gasteiger partial charge in [-0.05, 0) is 58.4 Å². The van der Waals surface area contributed by atoms with Crippen molar-refractivity contribution in [3.05, 3.63) is 57.0 Å². The Morgan fingerprint density at radius 2 is 1.73 bits per heavy atom. The van der Waals surface area contributed by atoms with Crippen LogP contribution in [-0.4, -0.2) is 23.7 Å². The second-order valence-electron chi connectivity index (χ2n) is 4.17. The molecule has 5 nitrogen and oxygen atoms in total. The van der Waals surface area contributed by atoms with Gasteiger partial charge < -0.3 is 14.6 Å². The first kappa shape index (κ1) is 16.5. The van der Waals surface area contributed by atoms with Gasteiger partial charge >= 0.3 is 11.9 Å². The van der Waals surface area contributed by atoms with Crippen LogP contribution in [0, 0.1) is 0 Å². The molecular formula is C15H10Br2O5. The number of rotatable bonds is 5. The summed E-state index contributed by atoms with van der Waals surface area (Å²) in [5.74, 6) is -0.853. The lowest BCUT2D eigenvalue weighted by molar-refractivity contribution is -0.136. The normalized spacial score (nSPS) is 10.1. The van der Waals surface area contributed by atoms with Crippen LogP contribution in [0.15, 0.2) is 51.4 Å². The fourth-order valence-electron chi connectivity index (χ4n) is 1.56. The molecule has 2 aromatic carbocycles. The van der Waals surface area contributed by atoms with Crippen molar-refractivity contribution in [2.75, 3.05) is 6.61 Å². The smallest absolute Gasteiger partial charge is 0.349 e. The van der Waals surface area contributed by atoms with Crippen LogP contribution in [0.5, 0.6) is 11.5 Å². The maximum absolute atomic E-state index is 11.7. The number of benzene rings is 2. The van der Waals surface area contributed by atoms with E-state index < -0.39 is 11.9 Å². The Labute approximate surface area is 143 Å². The van der Waals surface area contributed by atoms with Crippen molar-refractivity contribution >= 4 is 43.8 Å². The van der Waals surface area contributed by atoms with Gasteiger partial charge in [0.25, 0.3) is 0 Å². The van der Waals surface area contributed by atoms with E-state index in [4.69, 9.17) is 14.6 Å². The van der Waals surface area contributed by atoms with Crippen LogP contribution in [-0.2, 0) is 4.79 Å². The molecule has 2 aromatic rings. The number of ether oxygens (including phenoxy) is 2. The number of carboxylic acids is 1. The highest BCUT2D eigenvalue weighted by Gasteiger charge is 2.09. The number of hydrogen-bond donors (Lipinski definition) is 1. The van der Waals surface area contributed by atoms with E-state index in [0.29, 0.717) is 10.2 Å². The van der Waals surface area contributed by atoms with Crippen molar-refractivity contribution in [1.29, 1.82) is 0 Å². The van der Waals surface area contributed by atoms with Crippen molar-refractivity contribution in [2.45, 2.75) is 0 Å². The fraction of sp³-hybridized carbons (Fsp3) is 0.0667. The van der Waals surface area contributed by atoms with Crippen LogP contribution in [0.4, 0.5) is 0 Å². The third-order valence-corrected chi connectivity index (χ3v) is 3.69. The van der Waals surface area contributed by atoms with Gasteiger partial charge in [0.05, 0.1) is 10.0 Å². The van der Waals surface area contributed by atoms with Crippen molar-refractivity contribution < 1.29 is 24.2 Å². The van der Waals surface area contributed by atoms with Gasteiger partial charge in [-0.3, -0.25) is 0 Å². The predicted molar refractivity (Wildman–Crippen MR) is 86.4 cm³/mol. The van der Waals surface area contributed by atoms with Crippen molar-refractivity contribution in [2.24, 2.45) is 0 Å². The largest absolute Gasteiger partial charge is 0.481 e. The van der Waals surface area contributed by atoms with Crippen molar-refractivity contribution in [3.63, 3.8) is 0 Å². The van der Waals surface area contributed by atoms with Gasteiger partial charge in [0.15, 0.2) is 6.61 Å². The van der Waals surface area contributed by atoms with Crippen LogP contribution in [0.1, 0.15) is 10.4 Å². The molecule has 0 aromatic heterocycles. The van der Waals surface area contributed by atoms with Crippen molar-refractivity contribution in [1.82, 2.24) is 0 Å². The average Bonchev–Trinajstić information content (AvgIpc) is 2.47. The van der Waals surface area contributed by atoms with Crippen LogP contribution in [0.25, 0.3) is 0 Å². The third-order valence-electron chi connectivity index (χ3n) is 2.57. The first-order chi connectivity index (χ1) is 10.5. The molecule has 0 heterocycles. The quantitative estimate of drug-likeness (QED) is 0.576. The molecule has 0 fully saturated rings. The van der Waals surface area contributed by atoms with E-state index in [9.17, 15) is 9.59 Å². The highest BCUT2D eigenvalue weighted by Crippen LogP contribution is 2.28. The molecule has 0 spiro atoms. The van der Waals surface area contributed by atoms with E-state index in [1.165, 1.54) is 24.3 Å². The molecule has 0 aliphatic rings. The molecule has 0 radical (unpaired) electrons. The predicted octanol–water partition coefficient (Wildman–Crippen LogP) is 3.89. The van der Waals surface area contributed by atoms with E-state index in [-0.39, 0.29) is 17.9 Å². The molecule has 0 amide bonds. The number of carboxylic acid groups (broad SMARTS) is 1. The summed E-state index contributed by atoms with van der Waals surface area (Å²) >= 11 is 6.64. The highest BCUT2D eigenvalue weighted by molar-refractivity contribution is 9.11. The second-order valence-corrected chi connectivity index (χ2v) is 5.94. The Morgan fingerprint density at radius 3 is 2.32 bits per heavy atom. The van der Waals surface area contributed by atoms with E-state index in [2.05, 4.69) is 31.9 Å². The summed E-state index contributed by atoms with van der Waals surface area (Å²) in [5.41, 5.74) is 0.120. The second kappa shape index (κ2) is 7.42. The molecule has 0 aliphatic heterocycles. The Bertz CT molecular complexity index is 698. The monoisotopic (exact) mass is 428 g/mol. The molecule has 0 aliphatic carbocycles. The van der Waals surface area contributed by atoms with E-state index in [1.807, 2.05) is 0 Å². The summed E-state index contributed by atoms with van der Waals surface area (Å²) in [6.45, 7) is -0.263. The van der Waals surface area contributed by atoms with E-state index in [1.54, 1.807) is 18.2 Å². The molecule has 7 heteroatoms. The summed E-state index contributed by atoms with van der Waals surface area (Å²) in [6, 6.07) is 10.8. The van der Waals surface area contributed by atoms with Crippen LogP contribution < -0.4 is 9.47 Å². The van der Waals surface area contributed by atoms with E-state index >= 15 is 0 Å². The number of halogens is 2. The molecule has 114 valence electrons. The lowest BCUT2D eigenvalue weighted by Crippen LogP contribution is -2.17. The topological polar surface area (TPSA) is 72.8 Å². The van der Waals surface area contributed by atoms with E-state index in [0.717, 1.165) is 4.47 Å². The summed E-state index contributed by atoms with van der Waals surface area (Å²) in [7, 11) is 0. The first-order valence-electron chi connectivity index (χ1n) is 6.07. The fourth-order valence-corrected chi connectivity index (χ4v) is 2.72. The highest BCUT2D eigenvalue weighted by atomic mass is 79.9. The SMILES string of the molecule is O=C(COc1ccc(Br)cc1Br)Oc1ccc(C(=O)O)cc1. The molecule has 0 atom stereocenters. The Hall–Kier alpha value is -1.86. The van der Waals surface area contributed by atoms with Gasteiger partial charge in [0, 0.05) is 4.47 Å². The minimum absolute atomic E-state index is 0.120. The third kappa shape index (κ3) is 4.57. The number of esters is 1. The Morgan fingerprint density at radius 1 is 1.05 bits per heavy atom. The molecule has 0 saturated heterocycles. The Kier molecular flexibility index (Phi) is 5.57. The lowest BCUT2D eigenvalue weighted by Gasteiger charge is -2.08. The molecule has 0 saturated carbocycles. The maximum Gasteiger partial charge on any atom is 0.349 e. The minimum Gasteiger partial charge on any atom is -0.481 e. The van der Waals surface area contributed by atoms with Crippen molar-refractivity contribution in [3.8, 4) is 11.5 Å². The number of hydrogen-bond acceptors (Lipinski definition) is 4. The van der Waals surface area contributed by atoms with Gasteiger partial charge in [-0.25, -0.2) is 9.59 Å². The van der Waals surface area contributed by atoms with Crippen LogP contribution >= 0.6 is 31.9 Å². The average molecular weight is 430 g/mol. The molecule has 0 unspecified atom stereocenters. The maximum atomic E-state index is 11.7. The van der Waals surface area contributed by atoms with Crippen LogP contribution in [0.2, 0.25) is 0 Å². The molecule has 22 heavy (non-hydrogen) atoms. The van der Waals surface area contributed by atoms with Gasteiger partial charge in [0.1, 0.15) is 11.5 Å². The summed E-state index contributed by atoms with van der Waals surface area (Å²) < 4.78 is 12.0. The zero-order valence-electron chi connectivity index (χ0n) is 11.1. The zero-order valence-corrected chi connectivity index (χ0v) is 14.3. The number of carbonyl (C=O) groups excluding carboxylic acids is 1. The first-order valence-corrected chi connectivity index (χ1v) is 7.66. The number of carbonyl (C=O) groups is 2. The molecular weight excluding hydrogens is 420 g/mol. The number of aromatic carboxylic acids is 1. The lowest BCUT2D eigenvalue weighted by atomic mass is 10.2. The molecule has 0 bridgehead atoms. The van der Waals surface area contributed by atoms with Gasteiger partial charge in [-0.2, -0.15) is 0 Å². The summed E-state index contributed by atoms with van der Waals surface area (Å²) in [6.07, 6.45) is 0. The minimum atomic E-state index is -1.04. The van der Waals surface area contributed by atoms with Gasteiger partial charge in [0.2, 0.25) is 0 Å². The molecule has 1 N–H and O–H groups in total. The zero-order chi connectivity index (χ0) is 16.1. The standard InChI is InChI=1S/C15H10Br2O5/c16-10-3-6-13(12(17)7-10)21-8-14(18)22-11-4-1-9(2-5-11)15(19)20/h1-7H,8H2,(H,19,20). The summed E-state index contributed by atoms with van der Waals surface area (Å²) in [4.78, 5) is 22.4. The van der Waals surface area contributed by atoms with Gasteiger partial charge in [-0.15, -0.1) is 0 Å². The Balaban J connectivity index is 1.91. The van der Waals surface area contributed by atoms with Crippen LogP contribution in [0.3, 0.4) is 0 Å². The molecule has 2 rings (SSSR count). The summed E-state index contributed by atoms with van der Waals surface area (Å²) in [5, 5.41) is 8.78. The van der Waals surface area contributed by atoms with Gasteiger partial charge in [-0.1, -0.05) is 15.9 Å².